The molecule has 0 aliphatic carbocycles. The Morgan fingerprint density at radius 3 is 2.44 bits per heavy atom. The number of benzene rings is 2. The first-order chi connectivity index (χ1) is 12.9. The molecule has 0 fully saturated rings. The second-order valence-electron chi connectivity index (χ2n) is 6.38. The number of carbonyl (C=O) groups is 2. The maximum Gasteiger partial charge on any atom is 0.303 e. The predicted molar refractivity (Wildman–Crippen MR) is 103 cm³/mol. The van der Waals surface area contributed by atoms with E-state index in [2.05, 4.69) is 5.32 Å². The normalized spacial score (nSPS) is 11.5. The van der Waals surface area contributed by atoms with Crippen LogP contribution in [0.25, 0.3) is 0 Å². The van der Waals surface area contributed by atoms with Crippen molar-refractivity contribution in [3.63, 3.8) is 0 Å². The maximum atomic E-state index is 12.5. The van der Waals surface area contributed by atoms with Gasteiger partial charge in [-0.05, 0) is 48.2 Å². The van der Waals surface area contributed by atoms with Crippen LogP contribution in [0.4, 0.5) is 5.69 Å². The van der Waals surface area contributed by atoms with Crippen molar-refractivity contribution in [3.8, 4) is 11.5 Å². The average Bonchev–Trinajstić information content (AvgIpc) is 2.66. The summed E-state index contributed by atoms with van der Waals surface area (Å²) in [7, 11) is 3.16. The fraction of sp³-hybridized carbons (Fsp3) is 0.333. The van der Waals surface area contributed by atoms with Gasteiger partial charge in [0.2, 0.25) is 5.91 Å². The molecule has 1 atom stereocenters. The van der Waals surface area contributed by atoms with Crippen LogP contribution in [0.15, 0.2) is 42.5 Å². The third-order valence-corrected chi connectivity index (χ3v) is 4.26. The van der Waals surface area contributed by atoms with Gasteiger partial charge >= 0.3 is 5.97 Å². The molecule has 0 spiro atoms. The zero-order valence-corrected chi connectivity index (χ0v) is 15.8. The monoisotopic (exact) mass is 371 g/mol. The molecule has 27 heavy (non-hydrogen) atoms. The topological polar surface area (TPSA) is 84.9 Å². The van der Waals surface area contributed by atoms with Gasteiger partial charge in [-0.15, -0.1) is 0 Å². The second-order valence-corrected chi connectivity index (χ2v) is 6.38. The Hall–Kier alpha value is -3.02. The van der Waals surface area contributed by atoms with E-state index in [0.29, 0.717) is 30.0 Å². The molecule has 1 unspecified atom stereocenters. The van der Waals surface area contributed by atoms with E-state index in [1.807, 2.05) is 43.3 Å². The lowest BCUT2D eigenvalue weighted by molar-refractivity contribution is -0.137. The van der Waals surface area contributed by atoms with Gasteiger partial charge in [0, 0.05) is 18.0 Å². The van der Waals surface area contributed by atoms with E-state index in [9.17, 15) is 9.59 Å². The zero-order chi connectivity index (χ0) is 19.8. The molecule has 144 valence electrons. The maximum absolute atomic E-state index is 12.5. The number of carbonyl (C=O) groups excluding carboxylic acids is 1. The molecule has 6 nitrogen and oxygen atoms in total. The van der Waals surface area contributed by atoms with Gasteiger partial charge in [-0.2, -0.15) is 0 Å². The SMILES string of the molecule is COc1ccc(CC(C)C(=O)Nc2cccc(CCC(=O)O)c2)cc1OC. The number of rotatable bonds is 9. The first-order valence-corrected chi connectivity index (χ1v) is 8.75. The molecule has 0 radical (unpaired) electrons. The van der Waals surface area contributed by atoms with Crippen molar-refractivity contribution in [2.75, 3.05) is 19.5 Å². The Balaban J connectivity index is 1.99. The van der Waals surface area contributed by atoms with E-state index in [1.54, 1.807) is 20.3 Å². The number of anilines is 1. The summed E-state index contributed by atoms with van der Waals surface area (Å²) in [5.74, 6) is 0.101. The summed E-state index contributed by atoms with van der Waals surface area (Å²) >= 11 is 0. The van der Waals surface area contributed by atoms with Gasteiger partial charge < -0.3 is 19.9 Å². The average molecular weight is 371 g/mol. The van der Waals surface area contributed by atoms with Crippen LogP contribution in [-0.4, -0.2) is 31.2 Å². The van der Waals surface area contributed by atoms with Crippen molar-refractivity contribution in [3.05, 3.63) is 53.6 Å². The highest BCUT2D eigenvalue weighted by Crippen LogP contribution is 2.28. The number of aliphatic carboxylic acids is 1. The van der Waals surface area contributed by atoms with E-state index in [-0.39, 0.29) is 18.2 Å². The summed E-state index contributed by atoms with van der Waals surface area (Å²) in [5, 5.41) is 11.7. The van der Waals surface area contributed by atoms with Crippen LogP contribution in [0.3, 0.4) is 0 Å². The van der Waals surface area contributed by atoms with Crippen LogP contribution in [0, 0.1) is 5.92 Å². The van der Waals surface area contributed by atoms with E-state index < -0.39 is 5.97 Å². The van der Waals surface area contributed by atoms with E-state index >= 15 is 0 Å². The highest BCUT2D eigenvalue weighted by atomic mass is 16.5. The highest BCUT2D eigenvalue weighted by Gasteiger charge is 2.15. The fourth-order valence-corrected chi connectivity index (χ4v) is 2.78. The van der Waals surface area contributed by atoms with Crippen molar-refractivity contribution in [2.45, 2.75) is 26.2 Å². The molecule has 0 aliphatic heterocycles. The second kappa shape index (κ2) is 9.62. The summed E-state index contributed by atoms with van der Waals surface area (Å²) in [5.41, 5.74) is 2.52. The minimum Gasteiger partial charge on any atom is -0.493 e. The molecular weight excluding hydrogens is 346 g/mol. The van der Waals surface area contributed by atoms with Gasteiger partial charge in [-0.3, -0.25) is 9.59 Å². The summed E-state index contributed by atoms with van der Waals surface area (Å²) in [6.07, 6.45) is 1.05. The number of hydrogen-bond acceptors (Lipinski definition) is 4. The van der Waals surface area contributed by atoms with Crippen molar-refractivity contribution in [1.29, 1.82) is 0 Å². The number of carboxylic acids is 1. The smallest absolute Gasteiger partial charge is 0.303 e. The van der Waals surface area contributed by atoms with Crippen LogP contribution in [0.1, 0.15) is 24.5 Å². The molecule has 2 rings (SSSR count). The van der Waals surface area contributed by atoms with Crippen molar-refractivity contribution in [1.82, 2.24) is 0 Å². The van der Waals surface area contributed by atoms with Crippen molar-refractivity contribution >= 4 is 17.6 Å². The third kappa shape index (κ3) is 6.02. The van der Waals surface area contributed by atoms with E-state index in [4.69, 9.17) is 14.6 Å². The van der Waals surface area contributed by atoms with E-state index in [1.165, 1.54) is 0 Å². The lowest BCUT2D eigenvalue weighted by Crippen LogP contribution is -2.22. The molecule has 2 aromatic carbocycles. The minimum atomic E-state index is -0.840. The van der Waals surface area contributed by atoms with Gasteiger partial charge in [0.15, 0.2) is 11.5 Å². The quantitative estimate of drug-likeness (QED) is 0.704. The van der Waals surface area contributed by atoms with Crippen LogP contribution in [0.5, 0.6) is 11.5 Å². The molecule has 0 saturated heterocycles. The Bertz CT molecular complexity index is 803. The van der Waals surface area contributed by atoms with Crippen molar-refractivity contribution in [2.24, 2.45) is 5.92 Å². The molecule has 6 heteroatoms. The van der Waals surface area contributed by atoms with Crippen LogP contribution < -0.4 is 14.8 Å². The summed E-state index contributed by atoms with van der Waals surface area (Å²) < 4.78 is 10.5. The Kier molecular flexibility index (Phi) is 7.23. The molecule has 2 N–H and O–H groups in total. The highest BCUT2D eigenvalue weighted by molar-refractivity contribution is 5.92. The first kappa shape index (κ1) is 20.3. The van der Waals surface area contributed by atoms with Gasteiger partial charge in [0.25, 0.3) is 0 Å². The van der Waals surface area contributed by atoms with E-state index in [0.717, 1.165) is 11.1 Å². The molecule has 0 aliphatic rings. The summed E-state index contributed by atoms with van der Waals surface area (Å²) in [4.78, 5) is 23.2. The minimum absolute atomic E-state index is 0.0626. The Morgan fingerprint density at radius 1 is 1.04 bits per heavy atom. The number of hydrogen-bond donors (Lipinski definition) is 2. The van der Waals surface area contributed by atoms with Crippen LogP contribution >= 0.6 is 0 Å². The molecule has 0 saturated carbocycles. The molecular formula is C21H25NO5. The zero-order valence-electron chi connectivity index (χ0n) is 15.8. The van der Waals surface area contributed by atoms with Crippen LogP contribution in [0.2, 0.25) is 0 Å². The third-order valence-electron chi connectivity index (χ3n) is 4.26. The van der Waals surface area contributed by atoms with Gasteiger partial charge in [-0.25, -0.2) is 0 Å². The van der Waals surface area contributed by atoms with Crippen LogP contribution in [-0.2, 0) is 22.4 Å². The number of nitrogens with one attached hydrogen (secondary N) is 1. The first-order valence-electron chi connectivity index (χ1n) is 8.75. The number of ether oxygens (including phenoxy) is 2. The summed E-state index contributed by atoms with van der Waals surface area (Å²) in [6.45, 7) is 1.86. The molecule has 2 aromatic rings. The number of methoxy groups -OCH3 is 2. The standard InChI is InChI=1S/C21H25NO5/c1-14(11-16-7-9-18(26-2)19(13-16)27-3)21(25)22-17-6-4-5-15(12-17)8-10-20(23)24/h4-7,9,12-14H,8,10-11H2,1-3H3,(H,22,25)(H,23,24). The predicted octanol–water partition coefficient (Wildman–Crippen LogP) is 3.54. The molecule has 0 bridgehead atoms. The number of amides is 1. The molecule has 1 amide bonds. The van der Waals surface area contributed by atoms with Gasteiger partial charge in [0.05, 0.1) is 14.2 Å². The largest absolute Gasteiger partial charge is 0.493 e. The van der Waals surface area contributed by atoms with Gasteiger partial charge in [0.1, 0.15) is 0 Å². The summed E-state index contributed by atoms with van der Waals surface area (Å²) in [6, 6.07) is 12.9. The Morgan fingerprint density at radius 2 is 1.78 bits per heavy atom. The molecule has 0 aromatic heterocycles. The number of carboxylic acid groups (broad SMARTS) is 1. The van der Waals surface area contributed by atoms with Gasteiger partial charge in [-0.1, -0.05) is 25.1 Å². The lowest BCUT2D eigenvalue weighted by atomic mass is 9.99. The fourth-order valence-electron chi connectivity index (χ4n) is 2.78. The lowest BCUT2D eigenvalue weighted by Gasteiger charge is -2.14. The van der Waals surface area contributed by atoms with Crippen molar-refractivity contribution < 1.29 is 24.2 Å². The molecule has 0 heterocycles. The number of aryl methyl sites for hydroxylation is 1. The Labute approximate surface area is 159 Å².